The number of carbonyl (C=O) groups is 4. The molecule has 0 saturated carbocycles. The number of aryl methyl sites for hydroxylation is 2. The second kappa shape index (κ2) is 13.0. The molecular weight excluding hydrogens is 438 g/mol. The molecule has 0 heterocycles. The van der Waals surface area contributed by atoms with E-state index in [0.717, 1.165) is 17.5 Å². The van der Waals surface area contributed by atoms with Crippen LogP contribution in [0.3, 0.4) is 0 Å². The van der Waals surface area contributed by atoms with Gasteiger partial charge in [-0.2, -0.15) is 0 Å². The first-order chi connectivity index (χ1) is 15.8. The number of benzene rings is 1. The Morgan fingerprint density at radius 1 is 1.09 bits per heavy atom. The first kappa shape index (κ1) is 28.9. The number of ether oxygens (including phenoxy) is 2. The average Bonchev–Trinajstić information content (AvgIpc) is 2.74. The number of hydrogen-bond acceptors (Lipinski definition) is 6. The molecule has 2 atom stereocenters. The molecule has 1 aromatic carbocycles. The Hall–Kier alpha value is -3.10. The summed E-state index contributed by atoms with van der Waals surface area (Å²) in [7, 11) is 1.23. The normalized spacial score (nSPS) is 12.8. The lowest BCUT2D eigenvalue weighted by Gasteiger charge is -2.34. The zero-order valence-electron chi connectivity index (χ0n) is 21.6. The van der Waals surface area contributed by atoms with Crippen molar-refractivity contribution in [2.45, 2.75) is 79.0 Å². The van der Waals surface area contributed by atoms with Crippen molar-refractivity contribution in [3.8, 4) is 0 Å². The standard InChI is InChI=1S/C25H39N3O6/c1-9-10-13-28(23(31)18(4)27-24(32)34-25(5,6)7)21(22(30)26-15-20(29)33-8)19-12-11-16(2)17(3)14-19/h11-12,14,18,21H,9-10,13,15H2,1-8H3,(H,26,30)(H,27,32). The maximum absolute atomic E-state index is 13.5. The van der Waals surface area contributed by atoms with Gasteiger partial charge < -0.3 is 25.0 Å². The number of rotatable bonds is 10. The monoisotopic (exact) mass is 477 g/mol. The van der Waals surface area contributed by atoms with Crippen LogP contribution < -0.4 is 10.6 Å². The van der Waals surface area contributed by atoms with E-state index in [1.54, 1.807) is 33.8 Å². The second-order valence-electron chi connectivity index (χ2n) is 9.29. The molecule has 34 heavy (non-hydrogen) atoms. The molecule has 0 fully saturated rings. The lowest BCUT2D eigenvalue weighted by atomic mass is 9.98. The van der Waals surface area contributed by atoms with Gasteiger partial charge in [0.25, 0.3) is 0 Å². The summed E-state index contributed by atoms with van der Waals surface area (Å²) in [5, 5.41) is 5.13. The molecule has 0 saturated heterocycles. The van der Waals surface area contributed by atoms with Gasteiger partial charge in [-0.3, -0.25) is 14.4 Å². The van der Waals surface area contributed by atoms with Crippen LogP contribution in [-0.2, 0) is 23.9 Å². The Balaban J connectivity index is 3.33. The SMILES string of the molecule is CCCCN(C(=O)C(C)NC(=O)OC(C)(C)C)C(C(=O)NCC(=O)OC)c1ccc(C)c(C)c1. The number of carbonyl (C=O) groups excluding carboxylic acids is 4. The predicted molar refractivity (Wildman–Crippen MR) is 129 cm³/mol. The molecule has 0 aromatic heterocycles. The third-order valence-electron chi connectivity index (χ3n) is 5.18. The minimum atomic E-state index is -0.995. The van der Waals surface area contributed by atoms with Gasteiger partial charge in [0.2, 0.25) is 11.8 Å². The summed E-state index contributed by atoms with van der Waals surface area (Å²) < 4.78 is 9.89. The Kier molecular flexibility index (Phi) is 11.0. The molecule has 9 nitrogen and oxygen atoms in total. The number of nitrogens with zero attached hydrogens (tertiary/aromatic N) is 1. The molecule has 0 aliphatic rings. The molecule has 3 amide bonds. The second-order valence-corrected chi connectivity index (χ2v) is 9.29. The van der Waals surface area contributed by atoms with Crippen LogP contribution in [0, 0.1) is 13.8 Å². The quantitative estimate of drug-likeness (QED) is 0.501. The molecule has 1 aromatic rings. The van der Waals surface area contributed by atoms with Crippen LogP contribution in [0.1, 0.15) is 70.2 Å². The van der Waals surface area contributed by atoms with Crippen molar-refractivity contribution in [3.05, 3.63) is 34.9 Å². The highest BCUT2D eigenvalue weighted by Crippen LogP contribution is 2.25. The number of methoxy groups -OCH3 is 1. The number of nitrogens with one attached hydrogen (secondary N) is 2. The van der Waals surface area contributed by atoms with Crippen molar-refractivity contribution in [2.24, 2.45) is 0 Å². The van der Waals surface area contributed by atoms with E-state index in [4.69, 9.17) is 4.74 Å². The van der Waals surface area contributed by atoms with Crippen LogP contribution in [0.5, 0.6) is 0 Å². The van der Waals surface area contributed by atoms with Crippen LogP contribution in [0.15, 0.2) is 18.2 Å². The van der Waals surface area contributed by atoms with Gasteiger partial charge in [0.05, 0.1) is 7.11 Å². The number of alkyl carbamates (subject to hydrolysis) is 1. The molecule has 0 bridgehead atoms. The summed E-state index contributed by atoms with van der Waals surface area (Å²) >= 11 is 0. The Bertz CT molecular complexity index is 878. The third kappa shape index (κ3) is 9.03. The van der Waals surface area contributed by atoms with E-state index in [1.165, 1.54) is 12.0 Å². The lowest BCUT2D eigenvalue weighted by Crippen LogP contribution is -2.52. The van der Waals surface area contributed by atoms with Gasteiger partial charge in [-0.15, -0.1) is 0 Å². The fourth-order valence-corrected chi connectivity index (χ4v) is 3.23. The van der Waals surface area contributed by atoms with E-state index in [0.29, 0.717) is 18.5 Å². The van der Waals surface area contributed by atoms with E-state index in [-0.39, 0.29) is 6.54 Å². The highest BCUT2D eigenvalue weighted by atomic mass is 16.6. The van der Waals surface area contributed by atoms with Crippen LogP contribution >= 0.6 is 0 Å². The molecule has 0 aliphatic heterocycles. The van der Waals surface area contributed by atoms with Crippen LogP contribution in [-0.4, -0.2) is 60.6 Å². The van der Waals surface area contributed by atoms with Crippen LogP contribution in [0.2, 0.25) is 0 Å². The van der Waals surface area contributed by atoms with E-state index in [2.05, 4.69) is 15.4 Å². The maximum atomic E-state index is 13.5. The van der Waals surface area contributed by atoms with Gasteiger partial charge in [-0.05, 0) is 64.7 Å². The van der Waals surface area contributed by atoms with Gasteiger partial charge in [0, 0.05) is 6.54 Å². The van der Waals surface area contributed by atoms with Crippen molar-refractivity contribution < 1.29 is 28.7 Å². The number of unbranched alkanes of at least 4 members (excludes halogenated alkanes) is 1. The molecule has 190 valence electrons. The summed E-state index contributed by atoms with van der Waals surface area (Å²) in [6, 6.07) is 3.61. The summed E-state index contributed by atoms with van der Waals surface area (Å²) in [6.45, 7) is 12.6. The summed E-state index contributed by atoms with van der Waals surface area (Å²) in [6.07, 6.45) is 0.721. The summed E-state index contributed by atoms with van der Waals surface area (Å²) in [5.41, 5.74) is 1.90. The largest absolute Gasteiger partial charge is 0.468 e. The van der Waals surface area contributed by atoms with Crippen molar-refractivity contribution in [1.29, 1.82) is 0 Å². The van der Waals surface area contributed by atoms with E-state index in [1.807, 2.05) is 32.9 Å². The minimum absolute atomic E-state index is 0.291. The van der Waals surface area contributed by atoms with E-state index in [9.17, 15) is 19.2 Å². The van der Waals surface area contributed by atoms with Gasteiger partial charge in [-0.1, -0.05) is 31.5 Å². The first-order valence-electron chi connectivity index (χ1n) is 11.5. The fourth-order valence-electron chi connectivity index (χ4n) is 3.23. The third-order valence-corrected chi connectivity index (χ3v) is 5.18. The van der Waals surface area contributed by atoms with Crippen LogP contribution in [0.25, 0.3) is 0 Å². The Morgan fingerprint density at radius 3 is 2.26 bits per heavy atom. The van der Waals surface area contributed by atoms with Crippen molar-refractivity contribution >= 4 is 23.9 Å². The Labute approximate surface area is 202 Å². The van der Waals surface area contributed by atoms with Gasteiger partial charge >= 0.3 is 12.1 Å². The number of amides is 3. The van der Waals surface area contributed by atoms with Gasteiger partial charge in [0.15, 0.2) is 0 Å². The molecule has 2 unspecified atom stereocenters. The Morgan fingerprint density at radius 2 is 1.74 bits per heavy atom. The molecule has 9 heteroatoms. The first-order valence-corrected chi connectivity index (χ1v) is 11.5. The predicted octanol–water partition coefficient (Wildman–Crippen LogP) is 3.18. The highest BCUT2D eigenvalue weighted by Gasteiger charge is 2.34. The minimum Gasteiger partial charge on any atom is -0.468 e. The topological polar surface area (TPSA) is 114 Å². The van der Waals surface area contributed by atoms with E-state index < -0.39 is 41.6 Å². The summed E-state index contributed by atoms with van der Waals surface area (Å²) in [4.78, 5) is 52.1. The molecule has 0 aliphatic carbocycles. The number of esters is 1. The van der Waals surface area contributed by atoms with Crippen molar-refractivity contribution in [1.82, 2.24) is 15.5 Å². The molecular formula is C25H39N3O6. The summed E-state index contributed by atoms with van der Waals surface area (Å²) in [5.74, 6) is -1.54. The van der Waals surface area contributed by atoms with Crippen molar-refractivity contribution in [3.63, 3.8) is 0 Å². The van der Waals surface area contributed by atoms with Gasteiger partial charge in [-0.25, -0.2) is 4.79 Å². The average molecular weight is 478 g/mol. The molecule has 2 N–H and O–H groups in total. The lowest BCUT2D eigenvalue weighted by molar-refractivity contribution is -0.144. The van der Waals surface area contributed by atoms with Gasteiger partial charge in [0.1, 0.15) is 24.2 Å². The van der Waals surface area contributed by atoms with Crippen LogP contribution in [0.4, 0.5) is 4.79 Å². The number of hydrogen-bond donors (Lipinski definition) is 2. The fraction of sp³-hybridized carbons (Fsp3) is 0.600. The zero-order chi connectivity index (χ0) is 26.1. The molecule has 1 rings (SSSR count). The smallest absolute Gasteiger partial charge is 0.408 e. The maximum Gasteiger partial charge on any atom is 0.408 e. The highest BCUT2D eigenvalue weighted by molar-refractivity contribution is 5.93. The van der Waals surface area contributed by atoms with Crippen molar-refractivity contribution in [2.75, 3.05) is 20.2 Å². The molecule has 0 spiro atoms. The molecule has 0 radical (unpaired) electrons. The van der Waals surface area contributed by atoms with E-state index >= 15 is 0 Å². The zero-order valence-corrected chi connectivity index (χ0v) is 21.6.